The molecular formula is C9H9N3O3. The maximum Gasteiger partial charge on any atom is 0.269 e. The van der Waals surface area contributed by atoms with Gasteiger partial charge >= 0.3 is 0 Å². The molecule has 0 bridgehead atoms. The maximum absolute atomic E-state index is 11.3. The average molecular weight is 207 g/mol. The Balaban J connectivity index is 2.32. The Morgan fingerprint density at radius 3 is 2.87 bits per heavy atom. The SMILES string of the molecule is O=C1NNC[C@@H]1c1cccc([N+](=O)[O-])c1. The average Bonchev–Trinajstić information content (AvgIpc) is 2.64. The predicted octanol–water partition coefficient (Wildman–Crippen LogP) is 0.313. The van der Waals surface area contributed by atoms with Crippen molar-refractivity contribution in [2.45, 2.75) is 5.92 Å². The number of non-ortho nitro benzene ring substituents is 1. The lowest BCUT2D eigenvalue weighted by Gasteiger charge is -2.04. The molecule has 1 heterocycles. The van der Waals surface area contributed by atoms with Gasteiger partial charge in [0.05, 0.1) is 10.8 Å². The summed E-state index contributed by atoms with van der Waals surface area (Å²) in [5.41, 5.74) is 5.82. The second-order valence-electron chi connectivity index (χ2n) is 3.27. The van der Waals surface area contributed by atoms with Crippen molar-refractivity contribution in [2.75, 3.05) is 6.54 Å². The quantitative estimate of drug-likeness (QED) is 0.540. The summed E-state index contributed by atoms with van der Waals surface area (Å²) in [6, 6.07) is 6.13. The minimum Gasteiger partial charge on any atom is -0.291 e. The van der Waals surface area contributed by atoms with Crippen LogP contribution in [0.4, 0.5) is 5.69 Å². The molecule has 0 spiro atoms. The van der Waals surface area contributed by atoms with E-state index < -0.39 is 4.92 Å². The Morgan fingerprint density at radius 1 is 1.47 bits per heavy atom. The molecule has 1 aliphatic heterocycles. The summed E-state index contributed by atoms with van der Waals surface area (Å²) >= 11 is 0. The van der Waals surface area contributed by atoms with Crippen LogP contribution >= 0.6 is 0 Å². The monoisotopic (exact) mass is 207 g/mol. The predicted molar refractivity (Wildman–Crippen MR) is 52.0 cm³/mol. The van der Waals surface area contributed by atoms with E-state index in [4.69, 9.17) is 0 Å². The Morgan fingerprint density at radius 2 is 2.27 bits per heavy atom. The van der Waals surface area contributed by atoms with Gasteiger partial charge in [0.1, 0.15) is 0 Å². The highest BCUT2D eigenvalue weighted by Crippen LogP contribution is 2.22. The van der Waals surface area contributed by atoms with Gasteiger partial charge in [0.25, 0.3) is 5.69 Å². The van der Waals surface area contributed by atoms with Crippen molar-refractivity contribution in [1.82, 2.24) is 10.9 Å². The first kappa shape index (κ1) is 9.60. The first-order chi connectivity index (χ1) is 7.18. The lowest BCUT2D eigenvalue weighted by Crippen LogP contribution is -2.25. The maximum atomic E-state index is 11.3. The summed E-state index contributed by atoms with van der Waals surface area (Å²) in [5, 5.41) is 10.5. The number of benzene rings is 1. The fourth-order valence-electron chi connectivity index (χ4n) is 1.54. The lowest BCUT2D eigenvalue weighted by atomic mass is 9.99. The summed E-state index contributed by atoms with van der Waals surface area (Å²) in [6.45, 7) is 0.458. The van der Waals surface area contributed by atoms with Gasteiger partial charge in [-0.1, -0.05) is 12.1 Å². The molecular weight excluding hydrogens is 198 g/mol. The molecule has 6 heteroatoms. The number of nitrogens with zero attached hydrogens (tertiary/aromatic N) is 1. The van der Waals surface area contributed by atoms with Crippen LogP contribution in [0.2, 0.25) is 0 Å². The molecule has 1 aromatic rings. The minimum atomic E-state index is -0.468. The van der Waals surface area contributed by atoms with E-state index in [0.717, 1.165) is 0 Å². The van der Waals surface area contributed by atoms with Crippen molar-refractivity contribution >= 4 is 11.6 Å². The fraction of sp³-hybridized carbons (Fsp3) is 0.222. The van der Waals surface area contributed by atoms with Crippen LogP contribution in [0.3, 0.4) is 0 Å². The number of hydrogen-bond acceptors (Lipinski definition) is 4. The molecule has 0 aromatic heterocycles. The van der Waals surface area contributed by atoms with Crippen LogP contribution in [0, 0.1) is 10.1 Å². The van der Waals surface area contributed by atoms with E-state index in [2.05, 4.69) is 10.9 Å². The number of hydrazine groups is 1. The minimum absolute atomic E-state index is 0.00667. The van der Waals surface area contributed by atoms with E-state index in [1.165, 1.54) is 12.1 Å². The van der Waals surface area contributed by atoms with E-state index in [9.17, 15) is 14.9 Å². The van der Waals surface area contributed by atoms with Gasteiger partial charge in [0, 0.05) is 18.7 Å². The highest BCUT2D eigenvalue weighted by molar-refractivity contribution is 5.85. The molecule has 2 rings (SSSR count). The number of rotatable bonds is 2. The standard InChI is InChI=1S/C9H9N3O3/c13-9-8(5-10-11-9)6-2-1-3-7(4-6)12(14)15/h1-4,8,10H,5H2,(H,11,13)/t8-/m1/s1. The molecule has 1 aromatic carbocycles. The van der Waals surface area contributed by atoms with Crippen LogP contribution in [-0.4, -0.2) is 17.4 Å². The van der Waals surface area contributed by atoms with Crippen LogP contribution < -0.4 is 10.9 Å². The van der Waals surface area contributed by atoms with Crippen LogP contribution in [0.25, 0.3) is 0 Å². The first-order valence-electron chi connectivity index (χ1n) is 4.45. The molecule has 78 valence electrons. The second kappa shape index (κ2) is 3.66. The summed E-state index contributed by atoms with van der Waals surface area (Å²) in [6.07, 6.45) is 0. The molecule has 1 amide bonds. The number of carbonyl (C=O) groups is 1. The molecule has 0 saturated carbocycles. The number of carbonyl (C=O) groups excluding carboxylic acids is 1. The summed E-state index contributed by atoms with van der Waals surface area (Å²) in [7, 11) is 0. The third kappa shape index (κ3) is 1.79. The summed E-state index contributed by atoms with van der Waals surface area (Å²) in [5.74, 6) is -0.500. The normalized spacial score (nSPS) is 20.0. The zero-order valence-electron chi connectivity index (χ0n) is 7.77. The third-order valence-electron chi connectivity index (χ3n) is 2.32. The molecule has 15 heavy (non-hydrogen) atoms. The van der Waals surface area contributed by atoms with Gasteiger partial charge in [0.2, 0.25) is 5.91 Å². The van der Waals surface area contributed by atoms with Crippen LogP contribution in [0.1, 0.15) is 11.5 Å². The highest BCUT2D eigenvalue weighted by atomic mass is 16.6. The van der Waals surface area contributed by atoms with Gasteiger partial charge in [-0.25, -0.2) is 5.43 Å². The Kier molecular flexibility index (Phi) is 2.34. The van der Waals surface area contributed by atoms with Crippen molar-refractivity contribution in [2.24, 2.45) is 0 Å². The topological polar surface area (TPSA) is 84.3 Å². The molecule has 0 unspecified atom stereocenters. The number of nitro groups is 1. The largest absolute Gasteiger partial charge is 0.291 e. The molecule has 6 nitrogen and oxygen atoms in total. The van der Waals surface area contributed by atoms with Gasteiger partial charge in [-0.15, -0.1) is 0 Å². The summed E-state index contributed by atoms with van der Waals surface area (Å²) < 4.78 is 0. The van der Waals surface area contributed by atoms with Gasteiger partial charge in [0.15, 0.2) is 0 Å². The van der Waals surface area contributed by atoms with Gasteiger partial charge in [-0.2, -0.15) is 0 Å². The third-order valence-corrected chi connectivity index (χ3v) is 2.32. The molecule has 1 atom stereocenters. The summed E-state index contributed by atoms with van der Waals surface area (Å²) in [4.78, 5) is 21.4. The van der Waals surface area contributed by atoms with E-state index >= 15 is 0 Å². The number of nitrogens with one attached hydrogen (secondary N) is 2. The zero-order valence-corrected chi connectivity index (χ0v) is 7.77. The Bertz CT molecular complexity index is 419. The Labute approximate surface area is 85.4 Å². The number of amides is 1. The molecule has 1 fully saturated rings. The van der Waals surface area contributed by atoms with Crippen molar-refractivity contribution in [1.29, 1.82) is 0 Å². The zero-order chi connectivity index (χ0) is 10.8. The first-order valence-corrected chi connectivity index (χ1v) is 4.45. The van der Waals surface area contributed by atoms with Crippen LogP contribution in [0.15, 0.2) is 24.3 Å². The lowest BCUT2D eigenvalue weighted by molar-refractivity contribution is -0.384. The van der Waals surface area contributed by atoms with E-state index in [1.807, 2.05) is 0 Å². The molecule has 0 radical (unpaired) electrons. The highest BCUT2D eigenvalue weighted by Gasteiger charge is 2.26. The van der Waals surface area contributed by atoms with Crippen molar-refractivity contribution in [3.8, 4) is 0 Å². The van der Waals surface area contributed by atoms with Crippen molar-refractivity contribution in [3.63, 3.8) is 0 Å². The fourth-order valence-corrected chi connectivity index (χ4v) is 1.54. The van der Waals surface area contributed by atoms with Gasteiger partial charge in [-0.05, 0) is 5.56 Å². The molecule has 1 aliphatic rings. The number of hydrogen-bond donors (Lipinski definition) is 2. The number of nitro benzene ring substituents is 1. The van der Waals surface area contributed by atoms with Gasteiger partial charge in [-0.3, -0.25) is 20.3 Å². The molecule has 0 aliphatic carbocycles. The smallest absolute Gasteiger partial charge is 0.269 e. The molecule has 2 N–H and O–H groups in total. The van der Waals surface area contributed by atoms with Gasteiger partial charge < -0.3 is 0 Å². The van der Waals surface area contributed by atoms with Crippen molar-refractivity contribution in [3.05, 3.63) is 39.9 Å². The van der Waals surface area contributed by atoms with Crippen LogP contribution in [-0.2, 0) is 4.79 Å². The molecule has 1 saturated heterocycles. The Hall–Kier alpha value is -1.95. The second-order valence-corrected chi connectivity index (χ2v) is 3.27. The van der Waals surface area contributed by atoms with E-state index in [1.54, 1.807) is 12.1 Å². The van der Waals surface area contributed by atoms with E-state index in [0.29, 0.717) is 12.1 Å². The van der Waals surface area contributed by atoms with Crippen molar-refractivity contribution < 1.29 is 9.72 Å². The van der Waals surface area contributed by atoms with E-state index in [-0.39, 0.29) is 17.5 Å². The van der Waals surface area contributed by atoms with Crippen LogP contribution in [0.5, 0.6) is 0 Å².